The first-order chi connectivity index (χ1) is 13.1. The van der Waals surface area contributed by atoms with E-state index in [-0.39, 0.29) is 6.79 Å². The predicted molar refractivity (Wildman–Crippen MR) is 106 cm³/mol. The Morgan fingerprint density at radius 2 is 2.00 bits per heavy atom. The molecule has 27 heavy (non-hydrogen) atoms. The first-order valence-corrected chi connectivity index (χ1v) is 10.3. The number of rotatable bonds is 10. The summed E-state index contributed by atoms with van der Waals surface area (Å²) in [5, 5.41) is 4.14. The molecule has 1 N–H and O–H groups in total. The molecule has 0 aromatic heterocycles. The number of amides is 1. The number of fused-ring (bicyclic) bond motifs is 1. The third-order valence-electron chi connectivity index (χ3n) is 5.52. The quantitative estimate of drug-likeness (QED) is 0.617. The van der Waals surface area contributed by atoms with Gasteiger partial charge in [0, 0.05) is 43.2 Å². The van der Waals surface area contributed by atoms with Gasteiger partial charge in [0.05, 0.1) is 0 Å². The monoisotopic (exact) mass is 395 g/mol. The number of likely N-dealkylation sites (tertiary alicyclic amines) is 1. The van der Waals surface area contributed by atoms with Gasteiger partial charge in [-0.05, 0) is 44.1 Å². The Morgan fingerprint density at radius 3 is 2.74 bits per heavy atom. The number of nitrogens with one attached hydrogen (secondary N) is 1. The maximum absolute atomic E-state index is 12.2. The average Bonchev–Trinajstić information content (AvgIpc) is 3.26. The lowest BCUT2D eigenvalue weighted by molar-refractivity contribution is -0.129. The van der Waals surface area contributed by atoms with Crippen molar-refractivity contribution < 1.29 is 14.3 Å². The van der Waals surface area contributed by atoms with Crippen LogP contribution in [0.5, 0.6) is 11.5 Å². The fraction of sp³-hybridized carbons (Fsp3) is 0.650. The van der Waals surface area contributed by atoms with Gasteiger partial charge in [-0.1, -0.05) is 25.4 Å². The van der Waals surface area contributed by atoms with Crippen molar-refractivity contribution in [1.82, 2.24) is 15.1 Å². The molecule has 0 spiro atoms. The van der Waals surface area contributed by atoms with Crippen LogP contribution in [0.4, 0.5) is 0 Å². The molecule has 0 saturated carbocycles. The maximum atomic E-state index is 12.2. The van der Waals surface area contributed by atoms with Gasteiger partial charge < -0.3 is 24.6 Å². The minimum Gasteiger partial charge on any atom is -0.454 e. The minimum atomic E-state index is 0.252. The molecular formula is C20H30ClN3O3. The van der Waals surface area contributed by atoms with Gasteiger partial charge in [0.2, 0.25) is 12.7 Å². The summed E-state index contributed by atoms with van der Waals surface area (Å²) >= 11 is 6.32. The summed E-state index contributed by atoms with van der Waals surface area (Å²) in [5.41, 5.74) is 1.00. The van der Waals surface area contributed by atoms with Gasteiger partial charge in [0.1, 0.15) is 0 Å². The Kier molecular flexibility index (Phi) is 7.21. The van der Waals surface area contributed by atoms with Crippen molar-refractivity contribution in [1.29, 1.82) is 0 Å². The molecule has 1 aromatic carbocycles. The van der Waals surface area contributed by atoms with E-state index in [9.17, 15) is 4.79 Å². The highest BCUT2D eigenvalue weighted by Gasteiger charge is 2.30. The molecule has 2 aliphatic heterocycles. The molecule has 1 fully saturated rings. The molecule has 1 amide bonds. The van der Waals surface area contributed by atoms with Crippen LogP contribution in [0, 0.1) is 0 Å². The molecule has 1 aromatic rings. The number of carbonyl (C=O) groups is 1. The molecule has 1 atom stereocenters. The number of likely N-dealkylation sites (N-methyl/N-ethyl adjacent to an activating group) is 1. The molecule has 0 aliphatic carbocycles. The second-order valence-corrected chi connectivity index (χ2v) is 7.48. The van der Waals surface area contributed by atoms with Crippen molar-refractivity contribution in [3.05, 3.63) is 22.7 Å². The van der Waals surface area contributed by atoms with E-state index in [4.69, 9.17) is 21.1 Å². The smallest absolute Gasteiger partial charge is 0.231 e. The number of benzene rings is 1. The van der Waals surface area contributed by atoms with Gasteiger partial charge in [-0.3, -0.25) is 4.79 Å². The van der Waals surface area contributed by atoms with Crippen molar-refractivity contribution in [2.45, 2.75) is 45.7 Å². The highest BCUT2D eigenvalue weighted by atomic mass is 35.5. The Balaban J connectivity index is 1.45. The van der Waals surface area contributed by atoms with E-state index in [0.717, 1.165) is 56.9 Å². The third-order valence-corrected chi connectivity index (χ3v) is 5.87. The third kappa shape index (κ3) is 5.06. The zero-order chi connectivity index (χ0) is 19.2. The van der Waals surface area contributed by atoms with E-state index in [1.165, 1.54) is 0 Å². The molecule has 150 valence electrons. The van der Waals surface area contributed by atoms with Crippen LogP contribution >= 0.6 is 11.6 Å². The molecule has 2 heterocycles. The lowest BCUT2D eigenvalue weighted by Gasteiger charge is -2.28. The van der Waals surface area contributed by atoms with E-state index >= 15 is 0 Å². The standard InChI is InChI=1S/C20H30ClN3O3/c1-3-23(4-2)9-10-24-16(5-6-20(24)25)7-8-22-13-15-11-18-19(12-17(15)21)27-14-26-18/h11-12,16,22H,3-10,13-14H2,1-2H3. The molecule has 1 unspecified atom stereocenters. The largest absolute Gasteiger partial charge is 0.454 e. The van der Waals surface area contributed by atoms with Gasteiger partial charge in [0.25, 0.3) is 0 Å². The molecule has 0 bridgehead atoms. The van der Waals surface area contributed by atoms with Gasteiger partial charge in [-0.2, -0.15) is 0 Å². The number of halogens is 1. The van der Waals surface area contributed by atoms with E-state index in [0.29, 0.717) is 35.7 Å². The first kappa shape index (κ1) is 20.2. The molecule has 1 saturated heterocycles. The van der Waals surface area contributed by atoms with Crippen LogP contribution in [0.25, 0.3) is 0 Å². The summed E-state index contributed by atoms with van der Waals surface area (Å²) in [6.45, 7) is 9.95. The van der Waals surface area contributed by atoms with Crippen LogP contribution < -0.4 is 14.8 Å². The second-order valence-electron chi connectivity index (χ2n) is 7.07. The van der Waals surface area contributed by atoms with Gasteiger partial charge in [0.15, 0.2) is 11.5 Å². The summed E-state index contributed by atoms with van der Waals surface area (Å²) < 4.78 is 10.8. The zero-order valence-corrected chi connectivity index (χ0v) is 17.1. The summed E-state index contributed by atoms with van der Waals surface area (Å²) in [6.07, 6.45) is 2.60. The Bertz CT molecular complexity index is 652. The van der Waals surface area contributed by atoms with Crippen molar-refractivity contribution in [2.24, 2.45) is 0 Å². The van der Waals surface area contributed by atoms with Crippen molar-refractivity contribution in [3.8, 4) is 11.5 Å². The normalized spacial score (nSPS) is 18.7. The second kappa shape index (κ2) is 9.62. The van der Waals surface area contributed by atoms with Crippen LogP contribution in [0.3, 0.4) is 0 Å². The van der Waals surface area contributed by atoms with E-state index < -0.39 is 0 Å². The fourth-order valence-electron chi connectivity index (χ4n) is 3.78. The Labute approximate surface area is 166 Å². The van der Waals surface area contributed by atoms with E-state index in [1.54, 1.807) is 0 Å². The maximum Gasteiger partial charge on any atom is 0.231 e. The van der Waals surface area contributed by atoms with Crippen LogP contribution in [0.1, 0.15) is 38.7 Å². The number of hydrogen-bond acceptors (Lipinski definition) is 5. The van der Waals surface area contributed by atoms with Crippen LogP contribution in [-0.2, 0) is 11.3 Å². The molecule has 7 heteroatoms. The van der Waals surface area contributed by atoms with Gasteiger partial charge in [-0.25, -0.2) is 0 Å². The summed E-state index contributed by atoms with van der Waals surface area (Å²) in [4.78, 5) is 16.7. The minimum absolute atomic E-state index is 0.252. The summed E-state index contributed by atoms with van der Waals surface area (Å²) in [7, 11) is 0. The number of hydrogen-bond donors (Lipinski definition) is 1. The van der Waals surface area contributed by atoms with Gasteiger partial charge in [-0.15, -0.1) is 0 Å². The van der Waals surface area contributed by atoms with E-state index in [1.807, 2.05) is 12.1 Å². The number of nitrogens with zero attached hydrogens (tertiary/aromatic N) is 2. The van der Waals surface area contributed by atoms with E-state index in [2.05, 4.69) is 29.0 Å². The Hall–Kier alpha value is -1.50. The highest BCUT2D eigenvalue weighted by Crippen LogP contribution is 2.36. The van der Waals surface area contributed by atoms with Gasteiger partial charge >= 0.3 is 0 Å². The molecular weight excluding hydrogens is 366 g/mol. The van der Waals surface area contributed by atoms with Crippen molar-refractivity contribution in [2.75, 3.05) is 39.5 Å². The van der Waals surface area contributed by atoms with Crippen LogP contribution in [0.15, 0.2) is 12.1 Å². The van der Waals surface area contributed by atoms with Crippen LogP contribution in [-0.4, -0.2) is 61.3 Å². The lowest BCUT2D eigenvalue weighted by Crippen LogP contribution is -2.41. The van der Waals surface area contributed by atoms with Crippen molar-refractivity contribution in [3.63, 3.8) is 0 Å². The average molecular weight is 396 g/mol. The molecule has 6 nitrogen and oxygen atoms in total. The fourth-order valence-corrected chi connectivity index (χ4v) is 4.00. The molecule has 3 rings (SSSR count). The predicted octanol–water partition coefficient (Wildman–Crippen LogP) is 2.88. The zero-order valence-electron chi connectivity index (χ0n) is 16.3. The highest BCUT2D eigenvalue weighted by molar-refractivity contribution is 6.31. The summed E-state index contributed by atoms with van der Waals surface area (Å²) in [6, 6.07) is 4.09. The Morgan fingerprint density at radius 1 is 1.26 bits per heavy atom. The van der Waals surface area contributed by atoms with Crippen molar-refractivity contribution >= 4 is 17.5 Å². The SMILES string of the molecule is CCN(CC)CCN1C(=O)CCC1CCNCc1cc2c(cc1Cl)OCO2. The number of carbonyl (C=O) groups excluding carboxylic acids is 1. The van der Waals surface area contributed by atoms with Crippen LogP contribution in [0.2, 0.25) is 5.02 Å². The summed E-state index contributed by atoms with van der Waals surface area (Å²) in [5.74, 6) is 1.75. The lowest BCUT2D eigenvalue weighted by atomic mass is 10.1. The first-order valence-electron chi connectivity index (χ1n) is 9.93. The topological polar surface area (TPSA) is 54.0 Å². The molecule has 2 aliphatic rings. The molecule has 0 radical (unpaired) electrons. The number of ether oxygens (including phenoxy) is 2.